The van der Waals surface area contributed by atoms with Crippen molar-refractivity contribution < 1.29 is 26.3 Å². The molecule has 3 aromatic rings. The van der Waals surface area contributed by atoms with Gasteiger partial charge in [0.15, 0.2) is 0 Å². The zero-order valence-corrected chi connectivity index (χ0v) is 25.9. The molecule has 0 unspecified atom stereocenters. The van der Waals surface area contributed by atoms with E-state index in [1.54, 1.807) is 18.2 Å². The Morgan fingerprint density at radius 2 is 1.77 bits per heavy atom. The number of anilines is 1. The first-order chi connectivity index (χ1) is 20.3. The molecule has 7 nitrogen and oxygen atoms in total. The van der Waals surface area contributed by atoms with Crippen LogP contribution in [-0.2, 0) is 16.6 Å². The maximum absolute atomic E-state index is 13.7. The molecule has 2 aromatic carbocycles. The van der Waals surface area contributed by atoms with Gasteiger partial charge in [-0.3, -0.25) is 4.90 Å². The maximum Gasteiger partial charge on any atom is 0.394 e. The standard InChI is InChI=1S/C32H39F3N4O3S/c1-21(2)16-25-20-42-28-18-27(29-22(3)8-5-9-23(29)4)36-30(37-28)38-43(40,41)26-11-6-10-24(17-26)19-39(25)15-7-12-31(13-14-31)32(33,34)35/h5-6,8-11,17-18,21,25H,7,12-16,19-20H2,1-4H3,(H,36,37,38)/t25-/m1/s1. The van der Waals surface area contributed by atoms with Gasteiger partial charge in [0.05, 0.1) is 16.0 Å². The van der Waals surface area contributed by atoms with Crippen molar-refractivity contribution >= 4 is 16.0 Å². The number of rotatable bonds is 7. The Kier molecular flexibility index (Phi) is 8.77. The monoisotopic (exact) mass is 616 g/mol. The Bertz CT molecular complexity index is 1550. The molecule has 0 radical (unpaired) electrons. The minimum atomic E-state index is -4.19. The SMILES string of the molecule is Cc1cccc(C)c1-c1cc2nc(n1)NS(=O)(=O)c1cccc(c1)CN(CCCC1(C(F)(F)F)CC1)[C@H](CC(C)C)CO2. The van der Waals surface area contributed by atoms with Gasteiger partial charge in [-0.2, -0.15) is 18.2 Å². The molecule has 0 saturated heterocycles. The first-order valence-corrected chi connectivity index (χ1v) is 16.3. The quantitative estimate of drug-likeness (QED) is 0.300. The summed E-state index contributed by atoms with van der Waals surface area (Å²) < 4.78 is 76.8. The smallest absolute Gasteiger partial charge is 0.394 e. The number of fused-ring (bicyclic) bond motifs is 4. The van der Waals surface area contributed by atoms with E-state index in [0.29, 0.717) is 25.2 Å². The van der Waals surface area contributed by atoms with Crippen molar-refractivity contribution in [1.82, 2.24) is 14.9 Å². The fraction of sp³-hybridized carbons (Fsp3) is 0.500. The van der Waals surface area contributed by atoms with Gasteiger partial charge in [0.25, 0.3) is 10.0 Å². The van der Waals surface area contributed by atoms with Crippen LogP contribution in [0.1, 0.15) is 62.6 Å². The fourth-order valence-electron chi connectivity index (χ4n) is 6.00. The highest BCUT2D eigenvalue weighted by molar-refractivity contribution is 7.92. The molecular weight excluding hydrogens is 577 g/mol. The highest BCUT2D eigenvalue weighted by Crippen LogP contribution is 2.60. The number of alkyl halides is 3. The summed E-state index contributed by atoms with van der Waals surface area (Å²) in [6, 6.07) is 14.1. The van der Waals surface area contributed by atoms with Crippen molar-refractivity contribution in [2.45, 2.75) is 83.5 Å². The van der Waals surface area contributed by atoms with Gasteiger partial charge in [-0.15, -0.1) is 0 Å². The third-order valence-electron chi connectivity index (χ3n) is 8.50. The lowest BCUT2D eigenvalue weighted by molar-refractivity contribution is -0.189. The van der Waals surface area contributed by atoms with E-state index in [4.69, 9.17) is 4.74 Å². The van der Waals surface area contributed by atoms with Gasteiger partial charge in [-0.25, -0.2) is 18.1 Å². The van der Waals surface area contributed by atoms with E-state index < -0.39 is 21.6 Å². The van der Waals surface area contributed by atoms with Gasteiger partial charge >= 0.3 is 6.18 Å². The van der Waals surface area contributed by atoms with Crippen LogP contribution in [-0.4, -0.2) is 48.7 Å². The normalized spacial score (nSPS) is 19.9. The number of aryl methyl sites for hydroxylation is 2. The summed E-state index contributed by atoms with van der Waals surface area (Å²) in [7, 11) is -4.05. The van der Waals surface area contributed by atoms with Crippen LogP contribution < -0.4 is 9.46 Å². The average molecular weight is 617 g/mol. The van der Waals surface area contributed by atoms with Gasteiger partial charge < -0.3 is 4.74 Å². The summed E-state index contributed by atoms with van der Waals surface area (Å²) in [6.45, 7) is 9.16. The van der Waals surface area contributed by atoms with Crippen molar-refractivity contribution in [2.24, 2.45) is 11.3 Å². The Labute approximate surface area is 251 Å². The predicted molar refractivity (Wildman–Crippen MR) is 160 cm³/mol. The van der Waals surface area contributed by atoms with Crippen molar-refractivity contribution in [3.8, 4) is 17.1 Å². The number of nitrogens with zero attached hydrogens (tertiary/aromatic N) is 3. The highest BCUT2D eigenvalue weighted by atomic mass is 32.2. The lowest BCUT2D eigenvalue weighted by atomic mass is 9.98. The van der Waals surface area contributed by atoms with E-state index in [9.17, 15) is 21.6 Å². The van der Waals surface area contributed by atoms with Crippen molar-refractivity contribution in [2.75, 3.05) is 17.9 Å². The van der Waals surface area contributed by atoms with E-state index >= 15 is 0 Å². The molecule has 1 aliphatic heterocycles. The van der Waals surface area contributed by atoms with Crippen LogP contribution in [0.5, 0.6) is 5.88 Å². The average Bonchev–Trinajstić information content (AvgIpc) is 3.71. The van der Waals surface area contributed by atoms with Crippen LogP contribution >= 0.6 is 0 Å². The molecule has 43 heavy (non-hydrogen) atoms. The maximum atomic E-state index is 13.7. The first-order valence-electron chi connectivity index (χ1n) is 14.8. The molecule has 4 bridgehead atoms. The molecule has 1 aliphatic carbocycles. The van der Waals surface area contributed by atoms with E-state index in [2.05, 4.69) is 33.4 Å². The van der Waals surface area contributed by atoms with E-state index in [1.165, 1.54) is 6.07 Å². The molecule has 1 N–H and O–H groups in total. The molecule has 1 aromatic heterocycles. The van der Waals surface area contributed by atoms with Crippen LogP contribution in [0.4, 0.5) is 19.1 Å². The van der Waals surface area contributed by atoms with Gasteiger partial charge in [-0.1, -0.05) is 44.2 Å². The molecule has 2 aliphatic rings. The fourth-order valence-corrected chi connectivity index (χ4v) is 7.02. The number of hydrogen-bond donors (Lipinski definition) is 1. The minimum absolute atomic E-state index is 0.0576. The molecule has 1 fully saturated rings. The lowest BCUT2D eigenvalue weighted by Gasteiger charge is -2.33. The van der Waals surface area contributed by atoms with E-state index in [-0.39, 0.29) is 54.6 Å². The van der Waals surface area contributed by atoms with Gasteiger partial charge in [0.1, 0.15) is 6.61 Å². The van der Waals surface area contributed by atoms with Gasteiger partial charge in [0, 0.05) is 24.2 Å². The number of halogens is 3. The van der Waals surface area contributed by atoms with Crippen molar-refractivity contribution in [3.63, 3.8) is 0 Å². The summed E-state index contributed by atoms with van der Waals surface area (Å²) in [5, 5.41) is 0. The number of hydrogen-bond acceptors (Lipinski definition) is 6. The minimum Gasteiger partial charge on any atom is -0.476 e. The topological polar surface area (TPSA) is 84.4 Å². The largest absolute Gasteiger partial charge is 0.476 e. The van der Waals surface area contributed by atoms with Crippen LogP contribution in [0.15, 0.2) is 53.4 Å². The second-order valence-corrected chi connectivity index (χ2v) is 14.1. The van der Waals surface area contributed by atoms with Crippen LogP contribution in [0.25, 0.3) is 11.3 Å². The molecule has 1 atom stereocenters. The highest BCUT2D eigenvalue weighted by Gasteiger charge is 2.62. The van der Waals surface area contributed by atoms with Crippen LogP contribution in [0, 0.1) is 25.2 Å². The number of benzene rings is 2. The Morgan fingerprint density at radius 3 is 2.42 bits per heavy atom. The van der Waals surface area contributed by atoms with Crippen molar-refractivity contribution in [3.05, 3.63) is 65.2 Å². The molecule has 2 heterocycles. The predicted octanol–water partition coefficient (Wildman–Crippen LogP) is 7.29. The van der Waals surface area contributed by atoms with Gasteiger partial charge in [0.2, 0.25) is 11.8 Å². The molecule has 1 saturated carbocycles. The summed E-state index contributed by atoms with van der Waals surface area (Å²) in [5.74, 6) is 0.411. The number of ether oxygens (including phenoxy) is 1. The first kappa shape index (κ1) is 31.3. The third kappa shape index (κ3) is 7.15. The zero-order chi connectivity index (χ0) is 31.0. The Hall–Kier alpha value is -3.18. The lowest BCUT2D eigenvalue weighted by Crippen LogP contribution is -2.41. The molecule has 232 valence electrons. The molecule has 5 rings (SSSR count). The van der Waals surface area contributed by atoms with Gasteiger partial charge in [-0.05, 0) is 87.2 Å². The van der Waals surface area contributed by atoms with E-state index in [1.807, 2.05) is 38.1 Å². The van der Waals surface area contributed by atoms with Crippen molar-refractivity contribution in [1.29, 1.82) is 0 Å². The summed E-state index contributed by atoms with van der Waals surface area (Å²) in [6.07, 6.45) is -2.64. The molecular formula is C32H39F3N4O3S. The number of sulfonamides is 1. The number of nitrogens with one attached hydrogen (secondary N) is 1. The second-order valence-electron chi connectivity index (χ2n) is 12.4. The number of aromatic nitrogens is 2. The molecule has 0 amide bonds. The van der Waals surface area contributed by atoms with Crippen LogP contribution in [0.2, 0.25) is 0 Å². The zero-order valence-electron chi connectivity index (χ0n) is 25.0. The van der Waals surface area contributed by atoms with Crippen LogP contribution in [0.3, 0.4) is 0 Å². The third-order valence-corrected chi connectivity index (χ3v) is 9.82. The molecule has 11 heteroatoms. The Balaban J connectivity index is 1.54. The van der Waals surface area contributed by atoms with E-state index in [0.717, 1.165) is 28.7 Å². The molecule has 0 spiro atoms. The summed E-state index contributed by atoms with van der Waals surface area (Å²) in [4.78, 5) is 11.2. The Morgan fingerprint density at radius 1 is 1.07 bits per heavy atom. The summed E-state index contributed by atoms with van der Waals surface area (Å²) >= 11 is 0. The summed E-state index contributed by atoms with van der Waals surface area (Å²) in [5.41, 5.74) is 2.52. The second kappa shape index (κ2) is 12.1.